The van der Waals surface area contributed by atoms with Gasteiger partial charge in [-0.25, -0.2) is 0 Å². The molecule has 1 aliphatic carbocycles. The molecule has 5 aromatic carbocycles. The van der Waals surface area contributed by atoms with Gasteiger partial charge in [0.05, 0.1) is 0 Å². The molecule has 2 aliphatic rings. The van der Waals surface area contributed by atoms with E-state index >= 15 is 0 Å². The summed E-state index contributed by atoms with van der Waals surface area (Å²) in [5.41, 5.74) is 12.8. The molecule has 0 unspecified atom stereocenters. The minimum atomic E-state index is -6.00. The summed E-state index contributed by atoms with van der Waals surface area (Å²) < 4.78 is 39.0. The third-order valence-electron chi connectivity index (χ3n) is 9.19. The van der Waals surface area contributed by atoms with Crippen LogP contribution in [0.3, 0.4) is 0 Å². The lowest BCUT2D eigenvalue weighted by Crippen LogP contribution is -2.02. The second-order valence-corrected chi connectivity index (χ2v) is 15.3. The molecule has 6 aromatic rings. The van der Waals surface area contributed by atoms with Gasteiger partial charge >= 0.3 is 7.25 Å². The minimum Gasteiger partial charge on any atom is -0.418 e. The van der Waals surface area contributed by atoms with Crippen LogP contribution in [0.25, 0.3) is 42.3 Å². The lowest BCUT2D eigenvalue weighted by molar-refractivity contribution is 0.368. The molecule has 0 radical (unpaired) electrons. The van der Waals surface area contributed by atoms with Gasteiger partial charge in [0, 0.05) is 33.1 Å². The summed E-state index contributed by atoms with van der Waals surface area (Å²) in [6.45, 7) is 0. The molecule has 1 aromatic heterocycles. The van der Waals surface area contributed by atoms with Crippen molar-refractivity contribution in [1.29, 1.82) is 0 Å². The third-order valence-corrected chi connectivity index (χ3v) is 11.5. The first-order valence-electron chi connectivity index (χ1n) is 18.3. The highest BCUT2D eigenvalue weighted by Gasteiger charge is 2.22. The second-order valence-electron chi connectivity index (χ2n) is 13.2. The van der Waals surface area contributed by atoms with Gasteiger partial charge in [0.25, 0.3) is 0 Å². The summed E-state index contributed by atoms with van der Waals surface area (Å²) in [4.78, 5) is 5.07. The Labute approximate surface area is 334 Å². The first kappa shape index (κ1) is 38.5. The highest BCUT2D eigenvalue weighted by molar-refractivity contribution is 8.16. The van der Waals surface area contributed by atoms with Crippen molar-refractivity contribution in [2.45, 2.75) is 12.8 Å². The second kappa shape index (κ2) is 18.3. The number of thioether (sulfide) groups is 1. The van der Waals surface area contributed by atoms with Gasteiger partial charge in [-0.15, -0.1) is 0 Å². The van der Waals surface area contributed by atoms with Crippen molar-refractivity contribution in [3.8, 4) is 20.9 Å². The summed E-state index contributed by atoms with van der Waals surface area (Å²) >= 11 is 3.69. The first-order valence-corrected chi connectivity index (χ1v) is 20.0. The largest absolute Gasteiger partial charge is 0.673 e. The van der Waals surface area contributed by atoms with Gasteiger partial charge in [0.2, 0.25) is 21.1 Å². The summed E-state index contributed by atoms with van der Waals surface area (Å²) in [5.74, 6) is 0. The fourth-order valence-corrected chi connectivity index (χ4v) is 8.91. The Morgan fingerprint density at radius 1 is 0.482 bits per heavy atom. The van der Waals surface area contributed by atoms with Crippen LogP contribution in [0.4, 0.5) is 17.3 Å². The molecule has 0 amide bonds. The van der Waals surface area contributed by atoms with Crippen LogP contribution in [0.1, 0.15) is 35.1 Å². The molecule has 56 heavy (non-hydrogen) atoms. The lowest BCUT2D eigenvalue weighted by atomic mass is 9.97. The number of hydrogen-bond donors (Lipinski definition) is 0. The predicted octanol–water partition coefficient (Wildman–Crippen LogP) is 15.6. The Morgan fingerprint density at radius 2 is 0.893 bits per heavy atom. The molecular weight excluding hydrogens is 739 g/mol. The van der Waals surface area contributed by atoms with Gasteiger partial charge < -0.3 is 17.3 Å². The SMILES string of the molecule is C(/C=C1\CCC(/C=C/c2cc(-c3ccccc3)[s+]c(-c3ccccc3)c2)=C1c1ccccc1)=C1C=C(c2ccccc2)SC(c2ccccc2)=C1.F[B-](F)(F)F. The van der Waals surface area contributed by atoms with E-state index in [1.807, 2.05) is 23.1 Å². The van der Waals surface area contributed by atoms with E-state index in [1.165, 1.54) is 75.2 Å². The Kier molecular flexibility index (Phi) is 12.6. The van der Waals surface area contributed by atoms with Crippen LogP contribution >= 0.6 is 23.1 Å². The number of benzene rings is 5. The number of halogens is 4. The average Bonchev–Trinajstić information content (AvgIpc) is 3.65. The molecule has 0 spiro atoms. The summed E-state index contributed by atoms with van der Waals surface area (Å²) in [5, 5.41) is 0. The summed E-state index contributed by atoms with van der Waals surface area (Å²) in [7, 11) is -6.00. The van der Waals surface area contributed by atoms with Crippen molar-refractivity contribution in [3.05, 3.63) is 233 Å². The fraction of sp³-hybridized carbons (Fsp3) is 0.0408. The van der Waals surface area contributed by atoms with Crippen LogP contribution in [0.15, 0.2) is 211 Å². The van der Waals surface area contributed by atoms with Crippen LogP contribution in [-0.2, 0) is 0 Å². The average molecular weight is 777 g/mol. The summed E-state index contributed by atoms with van der Waals surface area (Å²) in [6, 6.07) is 58.5. The smallest absolute Gasteiger partial charge is 0.418 e. The van der Waals surface area contributed by atoms with E-state index in [2.05, 4.69) is 200 Å². The quantitative estimate of drug-likeness (QED) is 0.0843. The van der Waals surface area contributed by atoms with Gasteiger partial charge in [0.1, 0.15) is 0 Å². The van der Waals surface area contributed by atoms with E-state index in [1.54, 1.807) is 0 Å². The van der Waals surface area contributed by atoms with Crippen LogP contribution in [0.5, 0.6) is 0 Å². The number of allylic oxidation sites excluding steroid dienone is 9. The van der Waals surface area contributed by atoms with E-state index in [0.717, 1.165) is 12.8 Å². The van der Waals surface area contributed by atoms with Gasteiger partial charge in [-0.1, -0.05) is 163 Å². The Bertz CT molecular complexity index is 2330. The van der Waals surface area contributed by atoms with Crippen molar-refractivity contribution in [3.63, 3.8) is 0 Å². The Morgan fingerprint density at radius 3 is 1.34 bits per heavy atom. The van der Waals surface area contributed by atoms with E-state index in [-0.39, 0.29) is 0 Å². The zero-order chi connectivity index (χ0) is 38.7. The van der Waals surface area contributed by atoms with E-state index in [0.29, 0.717) is 0 Å². The van der Waals surface area contributed by atoms with E-state index < -0.39 is 7.25 Å². The molecule has 0 atom stereocenters. The molecule has 0 saturated heterocycles. The maximum Gasteiger partial charge on any atom is 0.673 e. The monoisotopic (exact) mass is 776 g/mol. The minimum absolute atomic E-state index is 1.01. The number of rotatable bonds is 8. The molecule has 1 aliphatic heterocycles. The van der Waals surface area contributed by atoms with Crippen molar-refractivity contribution in [2.75, 3.05) is 0 Å². The van der Waals surface area contributed by atoms with Crippen LogP contribution in [0.2, 0.25) is 0 Å². The van der Waals surface area contributed by atoms with Crippen molar-refractivity contribution >= 4 is 51.8 Å². The Hall–Kier alpha value is -5.76. The van der Waals surface area contributed by atoms with E-state index in [9.17, 15) is 17.3 Å². The molecular formula is C49H37BF4S2. The zero-order valence-corrected chi connectivity index (χ0v) is 32.0. The van der Waals surface area contributed by atoms with Gasteiger partial charge in [-0.2, -0.15) is 0 Å². The van der Waals surface area contributed by atoms with Crippen molar-refractivity contribution in [2.24, 2.45) is 0 Å². The predicted molar refractivity (Wildman–Crippen MR) is 234 cm³/mol. The molecule has 276 valence electrons. The molecule has 0 fully saturated rings. The van der Waals surface area contributed by atoms with Crippen LogP contribution in [0, 0.1) is 0 Å². The molecule has 0 nitrogen and oxygen atoms in total. The normalized spacial score (nSPS) is 15.0. The standard InChI is InChI=1S/C49H37S2.BF4/c1-6-16-38(17-7-1)45-32-36(33-46(50-45)39-18-8-2-9-19-39)26-28-43-30-31-44(49(43)42-24-14-5-15-25-42)29-27-37-34-47(40-20-10-3-11-21-40)51-48(35-37)41-22-12-4-13-23-41;2-1(3,4)5/h1-29,32-35H,30-31H2;/q+1;-1. The fourth-order valence-electron chi connectivity index (χ4n) is 6.64. The molecule has 7 heteroatoms. The highest BCUT2D eigenvalue weighted by Crippen LogP contribution is 2.45. The van der Waals surface area contributed by atoms with Crippen LogP contribution < -0.4 is 0 Å². The van der Waals surface area contributed by atoms with Gasteiger partial charge in [0.15, 0.2) is 0 Å². The van der Waals surface area contributed by atoms with Gasteiger partial charge in [-0.3, -0.25) is 0 Å². The maximum absolute atomic E-state index is 9.75. The van der Waals surface area contributed by atoms with Crippen LogP contribution in [-0.4, -0.2) is 7.25 Å². The molecule has 8 rings (SSSR count). The topological polar surface area (TPSA) is 0 Å². The van der Waals surface area contributed by atoms with Crippen molar-refractivity contribution < 1.29 is 17.3 Å². The molecule has 0 N–H and O–H groups in total. The summed E-state index contributed by atoms with van der Waals surface area (Å²) in [6.07, 6.45) is 16.0. The lowest BCUT2D eigenvalue weighted by Gasteiger charge is -2.17. The zero-order valence-electron chi connectivity index (χ0n) is 30.4. The third kappa shape index (κ3) is 10.5. The first-order chi connectivity index (χ1) is 27.3. The number of hydrogen-bond acceptors (Lipinski definition) is 1. The Balaban J connectivity index is 0.000000905. The molecule has 0 bridgehead atoms. The van der Waals surface area contributed by atoms with E-state index in [4.69, 9.17) is 0 Å². The highest BCUT2D eigenvalue weighted by atomic mass is 32.2. The molecule has 2 heterocycles. The molecule has 0 saturated carbocycles. The van der Waals surface area contributed by atoms with Crippen molar-refractivity contribution in [1.82, 2.24) is 0 Å². The maximum atomic E-state index is 9.75. The van der Waals surface area contributed by atoms with Gasteiger partial charge in [-0.05, 0) is 93.8 Å².